The van der Waals surface area contributed by atoms with E-state index in [4.69, 9.17) is 4.74 Å². The Kier molecular flexibility index (Phi) is 8.06. The fourth-order valence-corrected chi connectivity index (χ4v) is 4.39. The van der Waals surface area contributed by atoms with E-state index < -0.39 is 0 Å². The van der Waals surface area contributed by atoms with Crippen LogP contribution in [0.1, 0.15) is 48.0 Å². The Morgan fingerprint density at radius 2 is 1.73 bits per heavy atom. The summed E-state index contributed by atoms with van der Waals surface area (Å²) in [6.07, 6.45) is 2.46. The number of thiophene rings is 1. The molecule has 6 heteroatoms. The standard InChI is InChI=1S/C27H30N2O3S/c1-19(18-27(2,3)21-9-6-5-7-10-21)28-26(31)24(17-23-11-8-16-33-23)29-25(30)20-12-14-22(32-4)15-13-20/h5-17,19H,18H2,1-4H3,(H,28,31)(H,29,30)/b24-17-/t19-/m0/s1. The SMILES string of the molecule is COc1ccc(C(=O)N/C(=C\c2cccs2)C(=O)N[C@@H](C)CC(C)(C)c2ccccc2)cc1. The van der Waals surface area contributed by atoms with Crippen molar-refractivity contribution in [3.8, 4) is 5.75 Å². The van der Waals surface area contributed by atoms with Crippen molar-refractivity contribution in [1.82, 2.24) is 10.6 Å². The van der Waals surface area contributed by atoms with Gasteiger partial charge in [0, 0.05) is 16.5 Å². The Bertz CT molecular complexity index is 1090. The Labute approximate surface area is 199 Å². The molecule has 0 saturated carbocycles. The maximum absolute atomic E-state index is 13.2. The maximum Gasteiger partial charge on any atom is 0.268 e. The zero-order valence-corrected chi connectivity index (χ0v) is 20.2. The van der Waals surface area contributed by atoms with Crippen LogP contribution < -0.4 is 15.4 Å². The second-order valence-corrected chi connectivity index (χ2v) is 9.56. The van der Waals surface area contributed by atoms with E-state index in [2.05, 4.69) is 36.6 Å². The number of nitrogens with one attached hydrogen (secondary N) is 2. The van der Waals surface area contributed by atoms with Crippen LogP contribution in [0.4, 0.5) is 0 Å². The molecule has 0 aliphatic carbocycles. The number of amides is 2. The molecule has 1 atom stereocenters. The maximum atomic E-state index is 13.2. The fourth-order valence-electron chi connectivity index (χ4n) is 3.74. The minimum atomic E-state index is -0.354. The largest absolute Gasteiger partial charge is 0.497 e. The topological polar surface area (TPSA) is 67.4 Å². The zero-order valence-electron chi connectivity index (χ0n) is 19.4. The van der Waals surface area contributed by atoms with E-state index in [1.54, 1.807) is 37.5 Å². The average Bonchev–Trinajstić information content (AvgIpc) is 3.32. The first kappa shape index (κ1) is 24.3. The van der Waals surface area contributed by atoms with Gasteiger partial charge >= 0.3 is 0 Å². The third-order valence-electron chi connectivity index (χ3n) is 5.42. The van der Waals surface area contributed by atoms with Gasteiger partial charge in [0.2, 0.25) is 0 Å². The van der Waals surface area contributed by atoms with Crippen molar-refractivity contribution in [2.45, 2.75) is 38.6 Å². The number of methoxy groups -OCH3 is 1. The second-order valence-electron chi connectivity index (χ2n) is 8.58. The molecule has 0 unspecified atom stereocenters. The molecule has 0 aliphatic rings. The summed E-state index contributed by atoms with van der Waals surface area (Å²) in [5, 5.41) is 7.77. The number of carbonyl (C=O) groups is 2. The molecule has 0 aliphatic heterocycles. The van der Waals surface area contributed by atoms with Gasteiger partial charge in [0.05, 0.1) is 7.11 Å². The first-order valence-electron chi connectivity index (χ1n) is 10.9. The van der Waals surface area contributed by atoms with Crippen molar-refractivity contribution in [2.24, 2.45) is 0 Å². The Hall–Kier alpha value is -3.38. The van der Waals surface area contributed by atoms with Gasteiger partial charge in [-0.2, -0.15) is 0 Å². The second kappa shape index (κ2) is 11.0. The minimum absolute atomic E-state index is 0.0997. The predicted molar refractivity (Wildman–Crippen MR) is 134 cm³/mol. The van der Waals surface area contributed by atoms with E-state index in [0.29, 0.717) is 11.3 Å². The number of ether oxygens (including phenoxy) is 1. The summed E-state index contributed by atoms with van der Waals surface area (Å²) < 4.78 is 5.15. The molecule has 0 radical (unpaired) electrons. The monoisotopic (exact) mass is 462 g/mol. The minimum Gasteiger partial charge on any atom is -0.497 e. The molecule has 5 nitrogen and oxygen atoms in total. The molecule has 172 valence electrons. The van der Waals surface area contributed by atoms with Crippen molar-refractivity contribution < 1.29 is 14.3 Å². The van der Waals surface area contributed by atoms with E-state index in [1.165, 1.54) is 16.9 Å². The molecule has 2 amide bonds. The number of carbonyl (C=O) groups excluding carboxylic acids is 2. The lowest BCUT2D eigenvalue weighted by Crippen LogP contribution is -2.41. The fraction of sp³-hybridized carbons (Fsp3) is 0.259. The van der Waals surface area contributed by atoms with Crippen LogP contribution in [-0.2, 0) is 10.2 Å². The van der Waals surface area contributed by atoms with Crippen molar-refractivity contribution >= 4 is 29.2 Å². The molecule has 1 heterocycles. The number of hydrogen-bond donors (Lipinski definition) is 2. The van der Waals surface area contributed by atoms with Gasteiger partial charge in [-0.3, -0.25) is 9.59 Å². The molecule has 0 saturated heterocycles. The van der Waals surface area contributed by atoms with Crippen LogP contribution in [0.15, 0.2) is 77.8 Å². The molecule has 0 fully saturated rings. The summed E-state index contributed by atoms with van der Waals surface area (Å²) in [6.45, 7) is 6.31. The summed E-state index contributed by atoms with van der Waals surface area (Å²) in [5.41, 5.74) is 1.76. The van der Waals surface area contributed by atoms with Crippen LogP contribution in [0.2, 0.25) is 0 Å². The van der Waals surface area contributed by atoms with E-state index in [-0.39, 0.29) is 29.0 Å². The van der Waals surface area contributed by atoms with Gasteiger partial charge in [0.1, 0.15) is 11.4 Å². The summed E-state index contributed by atoms with van der Waals surface area (Å²) in [7, 11) is 1.57. The lowest BCUT2D eigenvalue weighted by atomic mass is 9.79. The smallest absolute Gasteiger partial charge is 0.268 e. The highest BCUT2D eigenvalue weighted by atomic mass is 32.1. The molecule has 0 bridgehead atoms. The Morgan fingerprint density at radius 3 is 2.33 bits per heavy atom. The van der Waals surface area contributed by atoms with Crippen LogP contribution in [0.25, 0.3) is 6.08 Å². The first-order valence-corrected chi connectivity index (χ1v) is 11.7. The van der Waals surface area contributed by atoms with Crippen LogP contribution in [0, 0.1) is 0 Å². The number of rotatable bonds is 9. The number of hydrogen-bond acceptors (Lipinski definition) is 4. The quantitative estimate of drug-likeness (QED) is 0.419. The van der Waals surface area contributed by atoms with Gasteiger partial charge in [-0.25, -0.2) is 0 Å². The zero-order chi connectivity index (χ0) is 23.8. The molecule has 3 rings (SSSR count). The van der Waals surface area contributed by atoms with Crippen molar-refractivity contribution in [3.05, 3.63) is 93.8 Å². The third kappa shape index (κ3) is 6.80. The lowest BCUT2D eigenvalue weighted by molar-refractivity contribution is -0.118. The van der Waals surface area contributed by atoms with Gasteiger partial charge in [-0.1, -0.05) is 50.2 Å². The highest BCUT2D eigenvalue weighted by molar-refractivity contribution is 7.10. The van der Waals surface area contributed by atoms with Gasteiger partial charge in [-0.15, -0.1) is 11.3 Å². The molecular formula is C27H30N2O3S. The molecule has 3 aromatic rings. The van der Waals surface area contributed by atoms with Crippen molar-refractivity contribution in [3.63, 3.8) is 0 Å². The predicted octanol–water partition coefficient (Wildman–Crippen LogP) is 5.40. The van der Waals surface area contributed by atoms with Crippen molar-refractivity contribution in [2.75, 3.05) is 7.11 Å². The summed E-state index contributed by atoms with van der Waals surface area (Å²) in [5.74, 6) is -0.0111. The van der Waals surface area contributed by atoms with E-state index in [1.807, 2.05) is 42.6 Å². The van der Waals surface area contributed by atoms with Crippen LogP contribution in [0.5, 0.6) is 5.75 Å². The van der Waals surface area contributed by atoms with E-state index in [9.17, 15) is 9.59 Å². The van der Waals surface area contributed by atoms with Gasteiger partial charge in [0.25, 0.3) is 11.8 Å². The average molecular weight is 463 g/mol. The normalized spacial score (nSPS) is 12.7. The van der Waals surface area contributed by atoms with Gasteiger partial charge in [-0.05, 0) is 66.1 Å². The highest BCUT2D eigenvalue weighted by Gasteiger charge is 2.25. The molecule has 0 spiro atoms. The summed E-state index contributed by atoms with van der Waals surface area (Å²) in [6, 6.07) is 20.7. The third-order valence-corrected chi connectivity index (χ3v) is 6.24. The van der Waals surface area contributed by atoms with E-state index >= 15 is 0 Å². The highest BCUT2D eigenvalue weighted by Crippen LogP contribution is 2.28. The number of benzene rings is 2. The Balaban J connectivity index is 1.73. The molecule has 33 heavy (non-hydrogen) atoms. The first-order chi connectivity index (χ1) is 15.8. The molecule has 2 aromatic carbocycles. The lowest BCUT2D eigenvalue weighted by Gasteiger charge is -2.29. The van der Waals surface area contributed by atoms with Crippen molar-refractivity contribution in [1.29, 1.82) is 0 Å². The molecular weight excluding hydrogens is 432 g/mol. The van der Waals surface area contributed by atoms with Crippen LogP contribution in [-0.4, -0.2) is 25.0 Å². The summed E-state index contributed by atoms with van der Waals surface area (Å²) in [4.78, 5) is 26.9. The van der Waals surface area contributed by atoms with E-state index in [0.717, 1.165) is 11.3 Å². The molecule has 1 aromatic heterocycles. The van der Waals surface area contributed by atoms with Gasteiger partial charge in [0.15, 0.2) is 0 Å². The van der Waals surface area contributed by atoms with Gasteiger partial charge < -0.3 is 15.4 Å². The Morgan fingerprint density at radius 1 is 1.03 bits per heavy atom. The van der Waals surface area contributed by atoms with Crippen LogP contribution >= 0.6 is 11.3 Å². The molecule has 2 N–H and O–H groups in total. The summed E-state index contributed by atoms with van der Waals surface area (Å²) >= 11 is 1.50. The van der Waals surface area contributed by atoms with Crippen LogP contribution in [0.3, 0.4) is 0 Å².